The fraction of sp³-hybridized carbons (Fsp3) is 0.312. The molecule has 2 aromatic rings. The number of aromatic nitrogens is 1. The number of nitrogens with one attached hydrogen (secondary N) is 1. The van der Waals surface area contributed by atoms with Gasteiger partial charge in [-0.15, -0.1) is 0 Å². The van der Waals surface area contributed by atoms with Crippen molar-refractivity contribution < 1.29 is 0 Å². The molecule has 4 heteroatoms. The van der Waals surface area contributed by atoms with Crippen molar-refractivity contribution in [1.82, 2.24) is 4.98 Å². The van der Waals surface area contributed by atoms with Crippen LogP contribution in [0, 0.1) is 6.92 Å². The Labute approximate surface area is 132 Å². The van der Waals surface area contributed by atoms with Crippen LogP contribution in [-0.2, 0) is 0 Å². The van der Waals surface area contributed by atoms with Gasteiger partial charge in [0.25, 0.3) is 0 Å². The highest BCUT2D eigenvalue weighted by Crippen LogP contribution is 2.41. The Balaban J connectivity index is 1.62. The average molecular weight is 352 g/mol. The lowest BCUT2D eigenvalue weighted by molar-refractivity contribution is 0.374. The van der Waals surface area contributed by atoms with E-state index in [4.69, 9.17) is 11.6 Å². The quantitative estimate of drug-likeness (QED) is 0.772. The van der Waals surface area contributed by atoms with Gasteiger partial charge in [-0.25, -0.2) is 4.98 Å². The number of hydrogen-bond acceptors (Lipinski definition) is 2. The Morgan fingerprint density at radius 2 is 1.95 bits per heavy atom. The van der Waals surface area contributed by atoms with E-state index in [1.807, 2.05) is 25.1 Å². The summed E-state index contributed by atoms with van der Waals surface area (Å²) in [5.74, 6) is 0.574. The van der Waals surface area contributed by atoms with Crippen LogP contribution in [0.25, 0.3) is 0 Å². The van der Waals surface area contributed by atoms with Crippen LogP contribution in [0.4, 0.5) is 5.69 Å². The summed E-state index contributed by atoms with van der Waals surface area (Å²) in [6.45, 7) is 2.03. The Hall–Kier alpha value is -1.06. The van der Waals surface area contributed by atoms with Gasteiger partial charge in [0.2, 0.25) is 0 Å². The molecule has 3 rings (SSSR count). The van der Waals surface area contributed by atoms with Crippen LogP contribution in [0.15, 0.2) is 41.0 Å². The summed E-state index contributed by atoms with van der Waals surface area (Å²) in [7, 11) is 0. The molecule has 1 aromatic heterocycles. The molecule has 2 nitrogen and oxygen atoms in total. The number of hydrogen-bond donors (Lipinski definition) is 1. The summed E-state index contributed by atoms with van der Waals surface area (Å²) in [5.41, 5.74) is 3.43. The molecule has 1 saturated carbocycles. The van der Waals surface area contributed by atoms with Crippen LogP contribution in [0.1, 0.15) is 30.0 Å². The lowest BCUT2D eigenvalue weighted by Gasteiger charge is -2.37. The van der Waals surface area contributed by atoms with E-state index >= 15 is 0 Å². The highest BCUT2D eigenvalue weighted by Gasteiger charge is 2.31. The zero-order valence-corrected chi connectivity index (χ0v) is 13.6. The van der Waals surface area contributed by atoms with Gasteiger partial charge in [0.1, 0.15) is 4.60 Å². The number of halogens is 2. The van der Waals surface area contributed by atoms with Crippen LogP contribution >= 0.6 is 27.5 Å². The molecule has 1 heterocycles. The molecule has 0 saturated heterocycles. The summed E-state index contributed by atoms with van der Waals surface area (Å²) in [4.78, 5) is 4.41. The Morgan fingerprint density at radius 1 is 1.20 bits per heavy atom. The minimum atomic E-state index is 0.512. The number of aryl methyl sites for hydroxylation is 1. The first-order valence-corrected chi connectivity index (χ1v) is 7.94. The van der Waals surface area contributed by atoms with Crippen molar-refractivity contribution in [3.63, 3.8) is 0 Å². The van der Waals surface area contributed by atoms with E-state index in [0.29, 0.717) is 12.0 Å². The molecule has 1 aromatic carbocycles. The van der Waals surface area contributed by atoms with Crippen molar-refractivity contribution in [1.29, 1.82) is 0 Å². The molecule has 0 radical (unpaired) electrons. The summed E-state index contributed by atoms with van der Waals surface area (Å²) in [6, 6.07) is 12.7. The van der Waals surface area contributed by atoms with Crippen molar-refractivity contribution in [2.45, 2.75) is 31.7 Å². The van der Waals surface area contributed by atoms with E-state index < -0.39 is 0 Å². The highest BCUT2D eigenvalue weighted by molar-refractivity contribution is 9.10. The predicted octanol–water partition coefficient (Wildman–Crippen LogP) is 5.16. The molecule has 1 aliphatic rings. The van der Waals surface area contributed by atoms with Gasteiger partial charge < -0.3 is 5.32 Å². The molecular formula is C16H16BrClN2. The minimum Gasteiger partial charge on any atom is -0.381 e. The van der Waals surface area contributed by atoms with Gasteiger partial charge in [-0.2, -0.15) is 0 Å². The fourth-order valence-electron chi connectivity index (χ4n) is 2.70. The Bertz CT molecular complexity index is 624. The van der Waals surface area contributed by atoms with Crippen molar-refractivity contribution >= 4 is 33.2 Å². The van der Waals surface area contributed by atoms with Gasteiger partial charge in [0.05, 0.1) is 11.4 Å². The first-order chi connectivity index (χ1) is 9.63. The third kappa shape index (κ3) is 2.84. The average Bonchev–Trinajstić information content (AvgIpc) is 2.37. The molecule has 0 bridgehead atoms. The third-order valence-corrected chi connectivity index (χ3v) is 4.68. The normalized spacial score (nSPS) is 21.4. The third-order valence-electron chi connectivity index (χ3n) is 3.89. The maximum atomic E-state index is 6.25. The molecule has 0 amide bonds. The second kappa shape index (κ2) is 5.74. The molecule has 104 valence electrons. The molecule has 1 aliphatic carbocycles. The lowest BCUT2D eigenvalue weighted by atomic mass is 9.75. The second-order valence-electron chi connectivity index (χ2n) is 5.30. The monoisotopic (exact) mass is 350 g/mol. The highest BCUT2D eigenvalue weighted by atomic mass is 79.9. The zero-order valence-electron chi connectivity index (χ0n) is 11.2. The smallest absolute Gasteiger partial charge is 0.106 e. The molecular weight excluding hydrogens is 336 g/mol. The lowest BCUT2D eigenvalue weighted by Crippen LogP contribution is -2.34. The van der Waals surface area contributed by atoms with Crippen LogP contribution < -0.4 is 5.32 Å². The topological polar surface area (TPSA) is 24.9 Å². The van der Waals surface area contributed by atoms with E-state index in [1.165, 1.54) is 5.56 Å². The van der Waals surface area contributed by atoms with Gasteiger partial charge in [-0.1, -0.05) is 29.8 Å². The second-order valence-corrected chi connectivity index (χ2v) is 6.52. The van der Waals surface area contributed by atoms with E-state index in [2.05, 4.69) is 44.4 Å². The molecule has 1 fully saturated rings. The summed E-state index contributed by atoms with van der Waals surface area (Å²) in [6.07, 6.45) is 2.25. The summed E-state index contributed by atoms with van der Waals surface area (Å²) in [5, 5.41) is 4.45. The molecule has 1 N–H and O–H groups in total. The van der Waals surface area contributed by atoms with Crippen LogP contribution in [-0.4, -0.2) is 11.0 Å². The van der Waals surface area contributed by atoms with Crippen molar-refractivity contribution in [3.8, 4) is 0 Å². The van der Waals surface area contributed by atoms with E-state index in [9.17, 15) is 0 Å². The number of benzene rings is 1. The first kappa shape index (κ1) is 13.9. The van der Waals surface area contributed by atoms with Crippen molar-refractivity contribution in [2.24, 2.45) is 0 Å². The van der Waals surface area contributed by atoms with Crippen molar-refractivity contribution in [2.75, 3.05) is 5.32 Å². The molecule has 0 atom stereocenters. The van der Waals surface area contributed by atoms with Gasteiger partial charge >= 0.3 is 0 Å². The molecule has 0 unspecified atom stereocenters. The Kier molecular flexibility index (Phi) is 3.99. The largest absolute Gasteiger partial charge is 0.381 e. The Morgan fingerprint density at radius 3 is 2.65 bits per heavy atom. The molecule has 20 heavy (non-hydrogen) atoms. The summed E-state index contributed by atoms with van der Waals surface area (Å²) >= 11 is 9.63. The minimum absolute atomic E-state index is 0.512. The van der Waals surface area contributed by atoms with Gasteiger partial charge in [0.15, 0.2) is 0 Å². The van der Waals surface area contributed by atoms with E-state index in [1.54, 1.807) is 0 Å². The van der Waals surface area contributed by atoms with Gasteiger partial charge in [-0.05, 0) is 65.4 Å². The molecule has 0 aliphatic heterocycles. The zero-order chi connectivity index (χ0) is 14.1. The van der Waals surface area contributed by atoms with E-state index in [0.717, 1.165) is 33.8 Å². The van der Waals surface area contributed by atoms with Crippen molar-refractivity contribution in [3.05, 3.63) is 57.3 Å². The van der Waals surface area contributed by atoms with Gasteiger partial charge in [0, 0.05) is 11.1 Å². The summed E-state index contributed by atoms with van der Waals surface area (Å²) < 4.78 is 0.878. The van der Waals surface area contributed by atoms with E-state index in [-0.39, 0.29) is 0 Å². The van der Waals surface area contributed by atoms with Crippen LogP contribution in [0.5, 0.6) is 0 Å². The standard InChI is InChI=1S/C16H16BrClN2/c1-10-15(6-7-16(17)19-10)20-12-8-11(9-12)13-4-2-3-5-14(13)18/h2-7,11-12,20H,8-9H2,1H3. The molecule has 0 spiro atoms. The van der Waals surface area contributed by atoms with Crippen LogP contribution in [0.3, 0.4) is 0 Å². The maximum absolute atomic E-state index is 6.25. The van der Waals surface area contributed by atoms with Gasteiger partial charge in [-0.3, -0.25) is 0 Å². The predicted molar refractivity (Wildman–Crippen MR) is 87.5 cm³/mol. The van der Waals surface area contributed by atoms with Crippen LogP contribution in [0.2, 0.25) is 5.02 Å². The SMILES string of the molecule is Cc1nc(Br)ccc1NC1CC(c2ccccc2Cl)C1. The first-order valence-electron chi connectivity index (χ1n) is 6.77. The number of pyridine rings is 1. The fourth-order valence-corrected chi connectivity index (χ4v) is 3.39. The number of anilines is 1. The number of rotatable bonds is 3. The number of nitrogens with zero attached hydrogens (tertiary/aromatic N) is 1. The maximum Gasteiger partial charge on any atom is 0.106 e.